The second kappa shape index (κ2) is 9.84. The van der Waals surface area contributed by atoms with Gasteiger partial charge in [0.15, 0.2) is 5.13 Å². The number of likely N-dealkylation sites (tertiary alicyclic amines) is 1. The van der Waals surface area contributed by atoms with Crippen molar-refractivity contribution in [1.29, 1.82) is 0 Å². The molecule has 1 unspecified atom stereocenters. The lowest BCUT2D eigenvalue weighted by Gasteiger charge is -2.31. The summed E-state index contributed by atoms with van der Waals surface area (Å²) >= 11 is 7.09. The first-order chi connectivity index (χ1) is 14.0. The highest BCUT2D eigenvalue weighted by Gasteiger charge is 2.29. The van der Waals surface area contributed by atoms with Gasteiger partial charge in [-0.3, -0.25) is 19.7 Å². The monoisotopic (exact) mass is 435 g/mol. The minimum Gasteiger partial charge on any atom is -0.466 e. The van der Waals surface area contributed by atoms with E-state index < -0.39 is 0 Å². The van der Waals surface area contributed by atoms with Crippen LogP contribution in [0.15, 0.2) is 29.6 Å². The number of esters is 1. The van der Waals surface area contributed by atoms with Gasteiger partial charge >= 0.3 is 5.97 Å². The molecule has 1 aliphatic heterocycles. The second-order valence-electron chi connectivity index (χ2n) is 6.71. The Balaban J connectivity index is 1.55. The van der Waals surface area contributed by atoms with Crippen molar-refractivity contribution in [2.24, 2.45) is 5.92 Å². The van der Waals surface area contributed by atoms with Gasteiger partial charge in [0, 0.05) is 29.1 Å². The minimum atomic E-state index is -0.290. The maximum atomic E-state index is 12.6. The van der Waals surface area contributed by atoms with E-state index >= 15 is 0 Å². The van der Waals surface area contributed by atoms with Crippen LogP contribution in [-0.2, 0) is 20.7 Å². The normalized spacial score (nSPS) is 16.3. The van der Waals surface area contributed by atoms with Crippen molar-refractivity contribution in [3.05, 3.63) is 45.9 Å². The zero-order valence-corrected chi connectivity index (χ0v) is 17.6. The first-order valence-electron chi connectivity index (χ1n) is 9.42. The fraction of sp³-hybridized carbons (Fsp3) is 0.400. The van der Waals surface area contributed by atoms with Crippen molar-refractivity contribution in [2.45, 2.75) is 26.2 Å². The number of carbonyl (C=O) groups is 3. The SMILES string of the molecule is CCOC(=O)C1CCCN(C(=O)Cc2csc(NC(=O)c3ccc(Cl)cc3)n2)C1. The Labute approximate surface area is 178 Å². The lowest BCUT2D eigenvalue weighted by atomic mass is 9.98. The molecule has 0 aliphatic carbocycles. The van der Waals surface area contributed by atoms with Gasteiger partial charge in [-0.05, 0) is 44.0 Å². The number of carbonyl (C=O) groups excluding carboxylic acids is 3. The van der Waals surface area contributed by atoms with E-state index in [1.807, 2.05) is 0 Å². The molecule has 1 fully saturated rings. The van der Waals surface area contributed by atoms with Gasteiger partial charge in [-0.25, -0.2) is 4.98 Å². The van der Waals surface area contributed by atoms with Gasteiger partial charge in [0.25, 0.3) is 5.91 Å². The van der Waals surface area contributed by atoms with Crippen LogP contribution in [0.25, 0.3) is 0 Å². The number of rotatable bonds is 6. The number of hydrogen-bond donors (Lipinski definition) is 1. The molecule has 0 radical (unpaired) electrons. The molecular weight excluding hydrogens is 414 g/mol. The van der Waals surface area contributed by atoms with Crippen LogP contribution >= 0.6 is 22.9 Å². The summed E-state index contributed by atoms with van der Waals surface area (Å²) in [6, 6.07) is 6.55. The lowest BCUT2D eigenvalue weighted by molar-refractivity contribution is -0.151. The van der Waals surface area contributed by atoms with Gasteiger partial charge in [0.2, 0.25) is 5.91 Å². The Morgan fingerprint density at radius 3 is 2.79 bits per heavy atom. The number of amides is 2. The number of benzene rings is 1. The maximum Gasteiger partial charge on any atom is 0.310 e. The predicted molar refractivity (Wildman–Crippen MR) is 111 cm³/mol. The third-order valence-electron chi connectivity index (χ3n) is 4.60. The van der Waals surface area contributed by atoms with Crippen molar-refractivity contribution in [1.82, 2.24) is 9.88 Å². The molecule has 1 N–H and O–H groups in total. The number of hydrogen-bond acceptors (Lipinski definition) is 6. The number of piperidine rings is 1. The molecule has 0 bridgehead atoms. The van der Waals surface area contributed by atoms with Crippen molar-refractivity contribution in [2.75, 3.05) is 25.0 Å². The number of nitrogens with one attached hydrogen (secondary N) is 1. The molecule has 2 aromatic rings. The standard InChI is InChI=1S/C20H22ClN3O4S/c1-2-28-19(27)14-4-3-9-24(11-14)17(25)10-16-12-29-20(22-16)23-18(26)13-5-7-15(21)8-6-13/h5-8,12,14H,2-4,9-11H2,1H3,(H,22,23,26). The highest BCUT2D eigenvalue weighted by molar-refractivity contribution is 7.14. The smallest absolute Gasteiger partial charge is 0.310 e. The number of ether oxygens (including phenoxy) is 1. The Morgan fingerprint density at radius 1 is 1.31 bits per heavy atom. The van der Waals surface area contributed by atoms with Crippen LogP contribution in [0.2, 0.25) is 5.02 Å². The van der Waals surface area contributed by atoms with E-state index in [2.05, 4.69) is 10.3 Å². The third-order valence-corrected chi connectivity index (χ3v) is 5.66. The predicted octanol–water partition coefficient (Wildman–Crippen LogP) is 3.39. The molecule has 7 nitrogen and oxygen atoms in total. The molecule has 0 spiro atoms. The Hall–Kier alpha value is -2.45. The number of halogens is 1. The maximum absolute atomic E-state index is 12.6. The summed E-state index contributed by atoms with van der Waals surface area (Å²) in [5.41, 5.74) is 1.06. The van der Waals surface area contributed by atoms with Crippen LogP contribution in [-0.4, -0.2) is 47.4 Å². The van der Waals surface area contributed by atoms with Crippen LogP contribution < -0.4 is 5.32 Å². The van der Waals surface area contributed by atoms with Gasteiger partial charge in [-0.15, -0.1) is 11.3 Å². The van der Waals surface area contributed by atoms with E-state index in [4.69, 9.17) is 16.3 Å². The third kappa shape index (κ3) is 5.77. The molecule has 1 aliphatic rings. The van der Waals surface area contributed by atoms with Gasteiger partial charge in [-0.1, -0.05) is 11.6 Å². The van der Waals surface area contributed by atoms with Crippen molar-refractivity contribution < 1.29 is 19.1 Å². The number of anilines is 1. The van der Waals surface area contributed by atoms with E-state index in [0.717, 1.165) is 12.8 Å². The number of thiazole rings is 1. The van der Waals surface area contributed by atoms with Gasteiger partial charge in [-0.2, -0.15) is 0 Å². The van der Waals surface area contributed by atoms with E-state index in [9.17, 15) is 14.4 Å². The zero-order valence-electron chi connectivity index (χ0n) is 16.0. The Bertz CT molecular complexity index is 884. The summed E-state index contributed by atoms with van der Waals surface area (Å²) in [5, 5.41) is 5.46. The summed E-state index contributed by atoms with van der Waals surface area (Å²) in [7, 11) is 0. The first-order valence-corrected chi connectivity index (χ1v) is 10.7. The highest BCUT2D eigenvalue weighted by Crippen LogP contribution is 2.21. The molecular formula is C20H22ClN3O4S. The van der Waals surface area contributed by atoms with E-state index in [1.54, 1.807) is 41.5 Å². The quantitative estimate of drug-likeness (QED) is 0.702. The second-order valence-corrected chi connectivity index (χ2v) is 8.01. The molecule has 2 heterocycles. The van der Waals surface area contributed by atoms with E-state index in [-0.39, 0.29) is 30.1 Å². The first kappa shape index (κ1) is 21.3. The van der Waals surface area contributed by atoms with Crippen molar-refractivity contribution >= 4 is 45.9 Å². The zero-order chi connectivity index (χ0) is 20.8. The molecule has 2 amide bonds. The molecule has 1 atom stereocenters. The summed E-state index contributed by atoms with van der Waals surface area (Å²) in [4.78, 5) is 42.8. The van der Waals surface area contributed by atoms with E-state index in [0.29, 0.717) is 41.1 Å². The average Bonchev–Trinajstić information content (AvgIpc) is 3.15. The van der Waals surface area contributed by atoms with Crippen LogP contribution in [0.1, 0.15) is 35.8 Å². The fourth-order valence-electron chi connectivity index (χ4n) is 3.14. The molecule has 1 aromatic carbocycles. The molecule has 9 heteroatoms. The summed E-state index contributed by atoms with van der Waals surface area (Å²) in [6.07, 6.45) is 1.64. The molecule has 0 saturated carbocycles. The highest BCUT2D eigenvalue weighted by atomic mass is 35.5. The van der Waals surface area contributed by atoms with Crippen molar-refractivity contribution in [3.63, 3.8) is 0 Å². The summed E-state index contributed by atoms with van der Waals surface area (Å²) < 4.78 is 5.08. The molecule has 1 saturated heterocycles. The van der Waals surface area contributed by atoms with Crippen LogP contribution in [0.5, 0.6) is 0 Å². The lowest BCUT2D eigenvalue weighted by Crippen LogP contribution is -2.43. The van der Waals surface area contributed by atoms with Gasteiger partial charge in [0.05, 0.1) is 24.6 Å². The summed E-state index contributed by atoms with van der Waals surface area (Å²) in [5.74, 6) is -0.884. The molecule has 1 aromatic heterocycles. The van der Waals surface area contributed by atoms with Gasteiger partial charge < -0.3 is 9.64 Å². The van der Waals surface area contributed by atoms with E-state index in [1.165, 1.54) is 11.3 Å². The number of aromatic nitrogens is 1. The summed E-state index contributed by atoms with van der Waals surface area (Å²) in [6.45, 7) is 3.11. The largest absolute Gasteiger partial charge is 0.466 e. The van der Waals surface area contributed by atoms with Gasteiger partial charge in [0.1, 0.15) is 0 Å². The molecule has 3 rings (SSSR count). The van der Waals surface area contributed by atoms with Crippen molar-refractivity contribution in [3.8, 4) is 0 Å². The Morgan fingerprint density at radius 2 is 2.07 bits per heavy atom. The molecule has 154 valence electrons. The average molecular weight is 436 g/mol. The van der Waals surface area contributed by atoms with Crippen LogP contribution in [0.3, 0.4) is 0 Å². The van der Waals surface area contributed by atoms with Crippen LogP contribution in [0.4, 0.5) is 5.13 Å². The molecule has 29 heavy (non-hydrogen) atoms. The fourth-order valence-corrected chi connectivity index (χ4v) is 3.97. The number of nitrogens with zero attached hydrogens (tertiary/aromatic N) is 2. The Kier molecular flexibility index (Phi) is 7.22. The van der Waals surface area contributed by atoms with Crippen LogP contribution in [0, 0.1) is 5.92 Å². The minimum absolute atomic E-state index is 0.0834. The topological polar surface area (TPSA) is 88.6 Å².